The summed E-state index contributed by atoms with van der Waals surface area (Å²) in [6, 6.07) is 14.0. The third-order valence-corrected chi connectivity index (χ3v) is 5.18. The van der Waals surface area contributed by atoms with E-state index in [4.69, 9.17) is 4.99 Å². The Morgan fingerprint density at radius 1 is 1.04 bits per heavy atom. The number of hydrogen-bond acceptors (Lipinski definition) is 3. The molecule has 0 N–H and O–H groups in total. The van der Waals surface area contributed by atoms with Crippen molar-refractivity contribution in [3.05, 3.63) is 64.7 Å². The van der Waals surface area contributed by atoms with Gasteiger partial charge in [-0.05, 0) is 56.5 Å². The van der Waals surface area contributed by atoms with E-state index < -0.39 is 0 Å². The van der Waals surface area contributed by atoms with Crippen molar-refractivity contribution in [3.63, 3.8) is 0 Å². The Morgan fingerprint density at radius 3 is 2.50 bits per heavy atom. The maximum Gasteiger partial charge on any atom is 0.259 e. The molecule has 1 aliphatic rings. The molecule has 2 aromatic carbocycles. The van der Waals surface area contributed by atoms with Crippen LogP contribution < -0.4 is 0 Å². The minimum Gasteiger partial charge on any atom is -0.287 e. The molecule has 0 aliphatic carbocycles. The van der Waals surface area contributed by atoms with Crippen LogP contribution in [-0.2, 0) is 0 Å². The molecule has 3 nitrogen and oxygen atoms in total. The van der Waals surface area contributed by atoms with E-state index in [9.17, 15) is 4.79 Å². The van der Waals surface area contributed by atoms with Gasteiger partial charge in [-0.2, -0.15) is 0 Å². The number of aliphatic imine (C=N–C) groups is 1. The van der Waals surface area contributed by atoms with Crippen molar-refractivity contribution in [2.24, 2.45) is 4.99 Å². The summed E-state index contributed by atoms with van der Waals surface area (Å²) in [6.45, 7) is 6.87. The van der Waals surface area contributed by atoms with Gasteiger partial charge in [0.25, 0.3) is 5.91 Å². The minimum absolute atomic E-state index is 0.0336. The molecule has 1 saturated heterocycles. The van der Waals surface area contributed by atoms with E-state index in [2.05, 4.69) is 32.0 Å². The van der Waals surface area contributed by atoms with E-state index in [1.165, 1.54) is 5.56 Å². The molecule has 1 aliphatic heterocycles. The maximum atomic E-state index is 12.9. The van der Waals surface area contributed by atoms with Crippen molar-refractivity contribution in [1.29, 1.82) is 0 Å². The van der Waals surface area contributed by atoms with Gasteiger partial charge in [0.05, 0.1) is 5.69 Å². The Morgan fingerprint density at radius 2 is 1.75 bits per heavy atom. The highest BCUT2D eigenvalue weighted by Crippen LogP contribution is 2.26. The van der Waals surface area contributed by atoms with Crippen LogP contribution in [0.15, 0.2) is 47.5 Å². The number of carbonyl (C=O) groups excluding carboxylic acids is 1. The topological polar surface area (TPSA) is 32.7 Å². The van der Waals surface area contributed by atoms with Crippen molar-refractivity contribution in [2.75, 3.05) is 12.3 Å². The lowest BCUT2D eigenvalue weighted by molar-refractivity contribution is 0.0849. The molecule has 0 radical (unpaired) electrons. The monoisotopic (exact) mass is 338 g/mol. The highest BCUT2D eigenvalue weighted by Gasteiger charge is 2.25. The Kier molecular flexibility index (Phi) is 5.05. The highest BCUT2D eigenvalue weighted by atomic mass is 32.2. The van der Waals surface area contributed by atoms with E-state index in [0.29, 0.717) is 0 Å². The molecule has 24 heavy (non-hydrogen) atoms. The van der Waals surface area contributed by atoms with Gasteiger partial charge in [0.2, 0.25) is 0 Å². The number of amidine groups is 1. The predicted octanol–water partition coefficient (Wildman–Crippen LogP) is 4.88. The van der Waals surface area contributed by atoms with Crippen LogP contribution in [0.4, 0.5) is 5.69 Å². The van der Waals surface area contributed by atoms with Crippen molar-refractivity contribution >= 4 is 28.5 Å². The minimum atomic E-state index is 0.0336. The van der Waals surface area contributed by atoms with Gasteiger partial charge < -0.3 is 0 Å². The molecule has 0 aromatic heterocycles. The fourth-order valence-corrected chi connectivity index (χ4v) is 3.58. The van der Waals surface area contributed by atoms with Crippen LogP contribution in [0.1, 0.15) is 33.5 Å². The maximum absolute atomic E-state index is 12.9. The lowest BCUT2D eigenvalue weighted by Crippen LogP contribution is -2.39. The van der Waals surface area contributed by atoms with Crippen molar-refractivity contribution in [1.82, 2.24) is 4.90 Å². The van der Waals surface area contributed by atoms with Crippen molar-refractivity contribution < 1.29 is 4.79 Å². The summed E-state index contributed by atoms with van der Waals surface area (Å²) >= 11 is 1.66. The Labute approximate surface area is 147 Å². The highest BCUT2D eigenvalue weighted by molar-refractivity contribution is 8.13. The summed E-state index contributed by atoms with van der Waals surface area (Å²) in [5.41, 5.74) is 5.13. The molecule has 2 aromatic rings. The quantitative estimate of drug-likeness (QED) is 0.782. The number of amides is 1. The summed E-state index contributed by atoms with van der Waals surface area (Å²) in [6.07, 6.45) is 0.994. The third kappa shape index (κ3) is 3.70. The van der Waals surface area contributed by atoms with Crippen LogP contribution >= 0.6 is 11.8 Å². The molecule has 3 rings (SSSR count). The molecule has 0 spiro atoms. The van der Waals surface area contributed by atoms with E-state index >= 15 is 0 Å². The molecule has 124 valence electrons. The summed E-state index contributed by atoms with van der Waals surface area (Å²) in [7, 11) is 0. The molecule has 4 heteroatoms. The average Bonchev–Trinajstić information content (AvgIpc) is 2.59. The van der Waals surface area contributed by atoms with Gasteiger partial charge in [0.15, 0.2) is 5.17 Å². The van der Waals surface area contributed by atoms with Crippen LogP contribution in [0.3, 0.4) is 0 Å². The lowest BCUT2D eigenvalue weighted by Gasteiger charge is -2.28. The van der Waals surface area contributed by atoms with Crippen LogP contribution in [0, 0.1) is 20.8 Å². The van der Waals surface area contributed by atoms with Crippen molar-refractivity contribution in [2.45, 2.75) is 27.2 Å². The molecule has 1 fully saturated rings. The molecule has 1 heterocycles. The number of rotatable bonds is 2. The Hall–Kier alpha value is -2.07. The standard InChI is InChI=1S/C20H22N2OS/c1-14-6-9-17(10-7-14)19(23)22-11-4-12-24-20(22)21-18-13-15(2)5-8-16(18)3/h5-10,13H,4,11-12H2,1-3H3. The van der Waals surface area contributed by atoms with Crippen LogP contribution in [-0.4, -0.2) is 28.3 Å². The van der Waals surface area contributed by atoms with Crippen molar-refractivity contribution in [3.8, 4) is 0 Å². The van der Waals surface area contributed by atoms with Gasteiger partial charge in [-0.1, -0.05) is 41.6 Å². The summed E-state index contributed by atoms with van der Waals surface area (Å²) in [5.74, 6) is 1.03. The molecule has 0 bridgehead atoms. The van der Waals surface area contributed by atoms with Gasteiger partial charge >= 0.3 is 0 Å². The fourth-order valence-electron chi connectivity index (χ4n) is 2.64. The Balaban J connectivity index is 1.93. The van der Waals surface area contributed by atoms with Gasteiger partial charge in [-0.15, -0.1) is 0 Å². The normalized spacial score (nSPS) is 16.5. The molecular weight excluding hydrogens is 316 g/mol. The summed E-state index contributed by atoms with van der Waals surface area (Å²) in [4.78, 5) is 19.5. The van der Waals surface area contributed by atoms with E-state index in [0.717, 1.165) is 46.3 Å². The number of thioether (sulfide) groups is 1. The first kappa shape index (κ1) is 16.8. The van der Waals surface area contributed by atoms with Gasteiger partial charge in [0, 0.05) is 17.9 Å². The second-order valence-corrected chi connectivity index (χ2v) is 7.27. The van der Waals surface area contributed by atoms with Gasteiger partial charge in [-0.3, -0.25) is 9.69 Å². The van der Waals surface area contributed by atoms with Crippen LogP contribution in [0.25, 0.3) is 0 Å². The van der Waals surface area contributed by atoms with E-state index in [1.54, 1.807) is 11.8 Å². The molecule has 0 saturated carbocycles. The first-order chi connectivity index (χ1) is 11.5. The number of hydrogen-bond donors (Lipinski definition) is 0. The SMILES string of the molecule is Cc1ccc(C(=O)N2CCCSC2=Nc2cc(C)ccc2C)cc1. The van der Waals surface area contributed by atoms with E-state index in [1.807, 2.05) is 36.1 Å². The summed E-state index contributed by atoms with van der Waals surface area (Å²) in [5, 5.41) is 0.806. The number of aryl methyl sites for hydroxylation is 3. The van der Waals surface area contributed by atoms with Gasteiger partial charge in [0.1, 0.15) is 0 Å². The summed E-state index contributed by atoms with van der Waals surface area (Å²) < 4.78 is 0. The smallest absolute Gasteiger partial charge is 0.259 e. The molecule has 0 unspecified atom stereocenters. The molecule has 1 amide bonds. The third-order valence-electron chi connectivity index (χ3n) is 4.11. The van der Waals surface area contributed by atoms with Crippen LogP contribution in [0.5, 0.6) is 0 Å². The lowest BCUT2D eigenvalue weighted by atomic mass is 10.1. The largest absolute Gasteiger partial charge is 0.287 e. The zero-order chi connectivity index (χ0) is 17.1. The molecular formula is C20H22N2OS. The molecule has 0 atom stereocenters. The first-order valence-electron chi connectivity index (χ1n) is 8.22. The average molecular weight is 338 g/mol. The number of benzene rings is 2. The number of nitrogens with zero attached hydrogens (tertiary/aromatic N) is 2. The zero-order valence-corrected chi connectivity index (χ0v) is 15.2. The fraction of sp³-hybridized carbons (Fsp3) is 0.300. The van der Waals surface area contributed by atoms with E-state index in [-0.39, 0.29) is 5.91 Å². The second-order valence-electron chi connectivity index (χ2n) is 6.21. The first-order valence-corrected chi connectivity index (χ1v) is 9.20. The predicted molar refractivity (Wildman–Crippen MR) is 102 cm³/mol. The zero-order valence-electron chi connectivity index (χ0n) is 14.4. The Bertz CT molecular complexity index is 781. The number of carbonyl (C=O) groups is 1. The second kappa shape index (κ2) is 7.22. The van der Waals surface area contributed by atoms with Crippen LogP contribution in [0.2, 0.25) is 0 Å². The van der Waals surface area contributed by atoms with Gasteiger partial charge in [-0.25, -0.2) is 4.99 Å².